The first-order valence-corrected chi connectivity index (χ1v) is 12.6. The van der Waals surface area contributed by atoms with Gasteiger partial charge < -0.3 is 14.2 Å². The van der Waals surface area contributed by atoms with E-state index in [1.165, 1.54) is 0 Å². The van der Waals surface area contributed by atoms with Crippen LogP contribution < -0.4 is 5.43 Å². The molecule has 0 aliphatic rings. The van der Waals surface area contributed by atoms with E-state index in [-0.39, 0.29) is 5.84 Å². The second-order valence-corrected chi connectivity index (χ2v) is 8.97. The Morgan fingerprint density at radius 2 is 1.21 bits per heavy atom. The molecule has 0 saturated heterocycles. The van der Waals surface area contributed by atoms with Crippen LogP contribution in [0.3, 0.4) is 0 Å². The van der Waals surface area contributed by atoms with Crippen LogP contribution >= 0.6 is 0 Å². The lowest BCUT2D eigenvalue weighted by atomic mass is 10.2. The summed E-state index contributed by atoms with van der Waals surface area (Å²) >= 11 is 0. The standard InChI is InChI=1S/C30H26N8O/c39-21-28(33-35-29-31-24-15-7-9-17-26(24)37(29)19-22-11-3-1-4-12-22)34-36-30-32-25-16-8-10-18-27(25)38(30)20-23-13-5-2-6-14-23/h1-18,39H,19-21H2,(H,31,35)/b33-28-,36-34?. The topological polar surface area (TPSA) is 105 Å². The third-order valence-electron chi connectivity index (χ3n) is 6.34. The minimum absolute atomic E-state index is 0.103. The van der Waals surface area contributed by atoms with Crippen molar-refractivity contribution in [1.29, 1.82) is 0 Å². The Morgan fingerprint density at radius 1 is 0.667 bits per heavy atom. The molecule has 0 amide bonds. The first kappa shape index (κ1) is 24.2. The molecule has 2 N–H and O–H groups in total. The number of hydrogen-bond acceptors (Lipinski definition) is 6. The highest BCUT2D eigenvalue weighted by atomic mass is 16.3. The summed E-state index contributed by atoms with van der Waals surface area (Å²) < 4.78 is 4.04. The van der Waals surface area contributed by atoms with E-state index in [1.54, 1.807) is 0 Å². The molecule has 0 saturated carbocycles. The summed E-state index contributed by atoms with van der Waals surface area (Å²) in [6.07, 6.45) is 0. The van der Waals surface area contributed by atoms with Crippen LogP contribution in [-0.4, -0.2) is 36.7 Å². The number of fused-ring (bicyclic) bond motifs is 2. The average molecular weight is 515 g/mol. The van der Waals surface area contributed by atoms with Crippen molar-refractivity contribution >= 4 is 39.8 Å². The molecule has 6 aromatic rings. The van der Waals surface area contributed by atoms with Crippen LogP contribution in [0.1, 0.15) is 11.1 Å². The fourth-order valence-corrected chi connectivity index (χ4v) is 4.45. The molecule has 2 aromatic heterocycles. The second-order valence-electron chi connectivity index (χ2n) is 8.97. The van der Waals surface area contributed by atoms with E-state index in [0.29, 0.717) is 25.0 Å². The van der Waals surface area contributed by atoms with Crippen LogP contribution in [0.4, 0.5) is 11.9 Å². The lowest BCUT2D eigenvalue weighted by Crippen LogP contribution is -2.09. The number of amidine groups is 1. The fourth-order valence-electron chi connectivity index (χ4n) is 4.45. The van der Waals surface area contributed by atoms with Gasteiger partial charge in [-0.15, -0.1) is 10.2 Å². The van der Waals surface area contributed by atoms with Crippen molar-refractivity contribution in [3.63, 3.8) is 0 Å². The SMILES string of the molecule is OC/C(N=Nc1nc2ccccc2n1Cc1ccccc1)=N/Nc1nc2ccccc2n1Cc1ccccc1. The van der Waals surface area contributed by atoms with Crippen LogP contribution in [0.5, 0.6) is 0 Å². The lowest BCUT2D eigenvalue weighted by molar-refractivity contribution is 0.355. The molecule has 0 atom stereocenters. The maximum absolute atomic E-state index is 9.99. The van der Waals surface area contributed by atoms with Crippen molar-refractivity contribution in [3.8, 4) is 0 Å². The Bertz CT molecular complexity index is 1770. The molecule has 9 heteroatoms. The van der Waals surface area contributed by atoms with Crippen LogP contribution in [0.15, 0.2) is 125 Å². The van der Waals surface area contributed by atoms with Gasteiger partial charge in [-0.05, 0) is 35.4 Å². The van der Waals surface area contributed by atoms with Gasteiger partial charge in [-0.3, -0.25) is 0 Å². The van der Waals surface area contributed by atoms with Crippen LogP contribution in [0.25, 0.3) is 22.1 Å². The number of nitrogens with one attached hydrogen (secondary N) is 1. The number of azo groups is 1. The highest BCUT2D eigenvalue weighted by Crippen LogP contribution is 2.24. The monoisotopic (exact) mass is 514 g/mol. The van der Waals surface area contributed by atoms with Crippen LogP contribution in [0.2, 0.25) is 0 Å². The Kier molecular flexibility index (Phi) is 6.87. The van der Waals surface area contributed by atoms with E-state index in [2.05, 4.69) is 50.0 Å². The molecule has 9 nitrogen and oxygen atoms in total. The maximum Gasteiger partial charge on any atom is 0.250 e. The smallest absolute Gasteiger partial charge is 0.250 e. The third-order valence-corrected chi connectivity index (χ3v) is 6.34. The summed E-state index contributed by atoms with van der Waals surface area (Å²) in [5.74, 6) is 1.07. The quantitative estimate of drug-likeness (QED) is 0.113. The first-order valence-electron chi connectivity index (χ1n) is 12.6. The van der Waals surface area contributed by atoms with Gasteiger partial charge in [0.05, 0.1) is 35.2 Å². The Hall–Kier alpha value is -5.15. The van der Waals surface area contributed by atoms with Gasteiger partial charge in [0.25, 0.3) is 5.95 Å². The number of hydrogen-bond donors (Lipinski definition) is 2. The molecule has 192 valence electrons. The van der Waals surface area contributed by atoms with Crippen molar-refractivity contribution in [2.24, 2.45) is 15.3 Å². The number of aromatic nitrogens is 4. The number of aliphatic hydroxyl groups is 1. The van der Waals surface area contributed by atoms with Crippen molar-refractivity contribution in [3.05, 3.63) is 120 Å². The highest BCUT2D eigenvalue weighted by molar-refractivity contribution is 5.85. The molecule has 0 aliphatic carbocycles. The van der Waals surface area contributed by atoms with Gasteiger partial charge >= 0.3 is 0 Å². The molecular weight excluding hydrogens is 488 g/mol. The van der Waals surface area contributed by atoms with Crippen molar-refractivity contribution < 1.29 is 5.11 Å². The molecular formula is C30H26N8O. The van der Waals surface area contributed by atoms with Gasteiger partial charge in [0.1, 0.15) is 6.61 Å². The Morgan fingerprint density at radius 3 is 1.85 bits per heavy atom. The zero-order valence-electron chi connectivity index (χ0n) is 21.1. The molecule has 0 aliphatic heterocycles. The summed E-state index contributed by atoms with van der Waals surface area (Å²) in [6, 6.07) is 36.0. The molecule has 4 aromatic carbocycles. The van der Waals surface area contributed by atoms with E-state index >= 15 is 0 Å². The zero-order chi connectivity index (χ0) is 26.4. The normalized spacial score (nSPS) is 12.1. The third kappa shape index (κ3) is 5.29. The number of para-hydroxylation sites is 4. The Labute approximate surface area is 224 Å². The number of rotatable bonds is 8. The summed E-state index contributed by atoms with van der Waals surface area (Å²) in [5.41, 5.74) is 8.82. The zero-order valence-corrected chi connectivity index (χ0v) is 21.1. The van der Waals surface area contributed by atoms with E-state index in [9.17, 15) is 5.11 Å². The van der Waals surface area contributed by atoms with Gasteiger partial charge in [-0.1, -0.05) is 84.9 Å². The number of anilines is 1. The fraction of sp³-hybridized carbons (Fsp3) is 0.100. The number of hydrazone groups is 1. The lowest BCUT2D eigenvalue weighted by Gasteiger charge is -2.09. The van der Waals surface area contributed by atoms with Gasteiger partial charge in [-0.25, -0.2) is 15.4 Å². The average Bonchev–Trinajstić information content (AvgIpc) is 3.52. The van der Waals surface area contributed by atoms with Gasteiger partial charge in [0, 0.05) is 0 Å². The minimum Gasteiger partial charge on any atom is -0.388 e. The molecule has 0 fully saturated rings. The van der Waals surface area contributed by atoms with Gasteiger partial charge in [0.2, 0.25) is 5.95 Å². The Balaban J connectivity index is 1.30. The van der Waals surface area contributed by atoms with E-state index < -0.39 is 6.61 Å². The summed E-state index contributed by atoms with van der Waals surface area (Å²) in [4.78, 5) is 9.35. The van der Waals surface area contributed by atoms with E-state index in [1.807, 2.05) is 94.1 Å². The molecule has 0 radical (unpaired) electrons. The summed E-state index contributed by atoms with van der Waals surface area (Å²) in [6.45, 7) is 0.788. The van der Waals surface area contributed by atoms with Gasteiger partial charge in [0.15, 0.2) is 5.84 Å². The molecule has 2 heterocycles. The van der Waals surface area contributed by atoms with Crippen molar-refractivity contribution in [1.82, 2.24) is 19.1 Å². The molecule has 0 bridgehead atoms. The molecule has 6 rings (SSSR count). The van der Waals surface area contributed by atoms with Gasteiger partial charge in [-0.2, -0.15) is 5.10 Å². The van der Waals surface area contributed by atoms with Crippen LogP contribution in [-0.2, 0) is 13.1 Å². The largest absolute Gasteiger partial charge is 0.388 e. The second kappa shape index (κ2) is 11.1. The predicted octanol–water partition coefficient (Wildman–Crippen LogP) is 5.98. The van der Waals surface area contributed by atoms with Crippen molar-refractivity contribution in [2.45, 2.75) is 13.1 Å². The molecule has 0 unspecified atom stereocenters. The highest BCUT2D eigenvalue weighted by Gasteiger charge is 2.13. The maximum atomic E-state index is 9.99. The van der Waals surface area contributed by atoms with E-state index in [4.69, 9.17) is 4.98 Å². The van der Waals surface area contributed by atoms with Crippen molar-refractivity contribution in [2.75, 3.05) is 12.0 Å². The molecule has 39 heavy (non-hydrogen) atoms. The van der Waals surface area contributed by atoms with E-state index in [0.717, 1.165) is 33.2 Å². The first-order chi connectivity index (χ1) is 19.3. The number of benzene rings is 4. The number of nitrogens with zero attached hydrogens (tertiary/aromatic N) is 7. The number of aliphatic hydroxyl groups excluding tert-OH is 1. The minimum atomic E-state index is -0.408. The summed E-state index contributed by atoms with van der Waals surface area (Å²) in [5, 5.41) is 22.9. The summed E-state index contributed by atoms with van der Waals surface area (Å²) in [7, 11) is 0. The molecule has 0 spiro atoms. The predicted molar refractivity (Wildman–Crippen MR) is 153 cm³/mol. The van der Waals surface area contributed by atoms with Crippen LogP contribution in [0, 0.1) is 0 Å². The number of imidazole rings is 2.